The van der Waals surface area contributed by atoms with Crippen LogP contribution in [0.5, 0.6) is 5.75 Å². The van der Waals surface area contributed by atoms with E-state index in [0.717, 1.165) is 0 Å². The fourth-order valence-electron chi connectivity index (χ4n) is 1.96. The molecule has 5 heteroatoms. The highest BCUT2D eigenvalue weighted by atomic mass is 35.5. The van der Waals surface area contributed by atoms with Gasteiger partial charge in [0.2, 0.25) is 5.91 Å². The molecule has 0 radical (unpaired) electrons. The summed E-state index contributed by atoms with van der Waals surface area (Å²) in [5, 5.41) is 12.8. The summed E-state index contributed by atoms with van der Waals surface area (Å²) in [5.74, 6) is 0.293. The first kappa shape index (κ1) is 15.9. The van der Waals surface area contributed by atoms with Crippen molar-refractivity contribution in [1.82, 2.24) is 0 Å². The molecule has 0 spiro atoms. The van der Waals surface area contributed by atoms with Crippen LogP contribution in [0.2, 0.25) is 5.02 Å². The van der Waals surface area contributed by atoms with Crippen molar-refractivity contribution in [2.45, 2.75) is 12.3 Å². The minimum absolute atomic E-state index is 0.400. The molecule has 0 saturated heterocycles. The number of rotatable bonds is 4. The molecule has 112 valence electrons. The molecular formula is C17H15ClN2O2. The van der Waals surface area contributed by atoms with Gasteiger partial charge in [0, 0.05) is 10.7 Å². The van der Waals surface area contributed by atoms with Gasteiger partial charge in [0.05, 0.1) is 13.2 Å². The Labute approximate surface area is 134 Å². The summed E-state index contributed by atoms with van der Waals surface area (Å²) in [6, 6.07) is 15.7. The molecule has 1 atom stereocenters. The summed E-state index contributed by atoms with van der Waals surface area (Å²) in [4.78, 5) is 12.5. The Bertz CT molecular complexity index is 705. The average Bonchev–Trinajstić information content (AvgIpc) is 2.55. The number of methoxy groups -OCH3 is 1. The van der Waals surface area contributed by atoms with Gasteiger partial charge in [-0.2, -0.15) is 5.26 Å². The summed E-state index contributed by atoms with van der Waals surface area (Å²) in [7, 11) is 1.57. The van der Waals surface area contributed by atoms with Crippen LogP contribution in [0.25, 0.3) is 0 Å². The molecule has 0 aliphatic rings. The standard InChI is InChI=1S/C17H15ClN2O2/c1-17(11-19,12-3-5-13(18)6-4-12)16(21)20-14-7-9-15(22-2)10-8-14/h3-10H,1-2H3,(H,20,21)/t17-/m0/s1. The number of amides is 1. The van der Waals surface area contributed by atoms with E-state index in [1.165, 1.54) is 0 Å². The lowest BCUT2D eigenvalue weighted by atomic mass is 9.83. The number of benzene rings is 2. The van der Waals surface area contributed by atoms with Gasteiger partial charge in [0.25, 0.3) is 0 Å². The van der Waals surface area contributed by atoms with Gasteiger partial charge in [0.1, 0.15) is 5.75 Å². The molecule has 1 N–H and O–H groups in total. The van der Waals surface area contributed by atoms with Gasteiger partial charge in [-0.05, 0) is 48.9 Å². The van der Waals surface area contributed by atoms with Crippen molar-refractivity contribution in [3.05, 3.63) is 59.1 Å². The van der Waals surface area contributed by atoms with Crippen LogP contribution < -0.4 is 10.1 Å². The van der Waals surface area contributed by atoms with E-state index in [2.05, 4.69) is 11.4 Å². The van der Waals surface area contributed by atoms with Crippen LogP contribution in [0.3, 0.4) is 0 Å². The third-order valence-corrected chi connectivity index (χ3v) is 3.70. The molecule has 2 aromatic carbocycles. The first-order valence-corrected chi connectivity index (χ1v) is 7.00. The fraction of sp³-hybridized carbons (Fsp3) is 0.176. The van der Waals surface area contributed by atoms with Crippen molar-refractivity contribution >= 4 is 23.2 Å². The van der Waals surface area contributed by atoms with E-state index in [0.29, 0.717) is 22.0 Å². The van der Waals surface area contributed by atoms with Gasteiger partial charge in [-0.25, -0.2) is 0 Å². The van der Waals surface area contributed by atoms with Crippen molar-refractivity contribution in [3.63, 3.8) is 0 Å². The molecule has 22 heavy (non-hydrogen) atoms. The molecule has 4 nitrogen and oxygen atoms in total. The van der Waals surface area contributed by atoms with Crippen molar-refractivity contribution < 1.29 is 9.53 Å². The third kappa shape index (κ3) is 3.21. The van der Waals surface area contributed by atoms with Crippen LogP contribution in [0.4, 0.5) is 5.69 Å². The number of nitrogens with one attached hydrogen (secondary N) is 1. The molecule has 0 saturated carbocycles. The van der Waals surface area contributed by atoms with Crippen molar-refractivity contribution in [3.8, 4) is 11.8 Å². The Morgan fingerprint density at radius 3 is 2.27 bits per heavy atom. The number of carbonyl (C=O) groups is 1. The van der Waals surface area contributed by atoms with Gasteiger partial charge < -0.3 is 10.1 Å². The van der Waals surface area contributed by atoms with Crippen LogP contribution in [0.15, 0.2) is 48.5 Å². The molecule has 0 aromatic heterocycles. The summed E-state index contributed by atoms with van der Waals surface area (Å²) in [5.41, 5.74) is -0.114. The number of nitrogens with zero attached hydrogens (tertiary/aromatic N) is 1. The number of hydrogen-bond donors (Lipinski definition) is 1. The molecule has 0 heterocycles. The third-order valence-electron chi connectivity index (χ3n) is 3.45. The second-order valence-electron chi connectivity index (χ2n) is 4.93. The Hall–Kier alpha value is -2.51. The largest absolute Gasteiger partial charge is 0.497 e. The lowest BCUT2D eigenvalue weighted by Crippen LogP contribution is -2.36. The Morgan fingerprint density at radius 1 is 1.18 bits per heavy atom. The lowest BCUT2D eigenvalue weighted by molar-refractivity contribution is -0.119. The van der Waals surface area contributed by atoms with E-state index >= 15 is 0 Å². The molecule has 2 rings (SSSR count). The highest BCUT2D eigenvalue weighted by Crippen LogP contribution is 2.27. The van der Waals surface area contributed by atoms with Gasteiger partial charge in [-0.3, -0.25) is 4.79 Å². The zero-order valence-corrected chi connectivity index (χ0v) is 13.0. The number of ether oxygens (including phenoxy) is 1. The lowest BCUT2D eigenvalue weighted by Gasteiger charge is -2.21. The van der Waals surface area contributed by atoms with Crippen molar-refractivity contribution in [1.29, 1.82) is 5.26 Å². The predicted octanol–water partition coefficient (Wildman–Crippen LogP) is 3.77. The minimum Gasteiger partial charge on any atom is -0.497 e. The predicted molar refractivity (Wildman–Crippen MR) is 86.0 cm³/mol. The molecule has 2 aromatic rings. The zero-order valence-electron chi connectivity index (χ0n) is 12.3. The van der Waals surface area contributed by atoms with Crippen LogP contribution in [-0.4, -0.2) is 13.0 Å². The second-order valence-corrected chi connectivity index (χ2v) is 5.36. The number of anilines is 1. The van der Waals surface area contributed by atoms with Crippen molar-refractivity contribution in [2.75, 3.05) is 12.4 Å². The molecule has 0 fully saturated rings. The number of hydrogen-bond acceptors (Lipinski definition) is 3. The Balaban J connectivity index is 2.24. The van der Waals surface area contributed by atoms with E-state index in [-0.39, 0.29) is 0 Å². The highest BCUT2D eigenvalue weighted by molar-refractivity contribution is 6.30. The molecule has 0 aliphatic heterocycles. The average molecular weight is 315 g/mol. The van der Waals surface area contributed by atoms with E-state index in [4.69, 9.17) is 16.3 Å². The first-order valence-electron chi connectivity index (χ1n) is 6.62. The SMILES string of the molecule is COc1ccc(NC(=O)[C@@](C)(C#N)c2ccc(Cl)cc2)cc1. The quantitative estimate of drug-likeness (QED) is 0.934. The van der Waals surface area contributed by atoms with E-state index in [9.17, 15) is 10.1 Å². The maximum atomic E-state index is 12.5. The number of nitriles is 1. The summed E-state index contributed by atoms with van der Waals surface area (Å²) < 4.78 is 5.07. The van der Waals surface area contributed by atoms with Crippen LogP contribution in [-0.2, 0) is 10.2 Å². The number of halogens is 1. The van der Waals surface area contributed by atoms with Crippen LogP contribution in [0, 0.1) is 11.3 Å². The Kier molecular flexibility index (Phi) is 4.69. The van der Waals surface area contributed by atoms with E-state index in [1.54, 1.807) is 62.6 Å². The van der Waals surface area contributed by atoms with Gasteiger partial charge in [0.15, 0.2) is 5.41 Å². The van der Waals surface area contributed by atoms with Gasteiger partial charge in [-0.1, -0.05) is 23.7 Å². The summed E-state index contributed by atoms with van der Waals surface area (Å²) >= 11 is 5.85. The first-order chi connectivity index (χ1) is 10.5. The molecule has 1 amide bonds. The monoisotopic (exact) mass is 314 g/mol. The molecule has 0 unspecified atom stereocenters. The van der Waals surface area contributed by atoms with E-state index < -0.39 is 11.3 Å². The van der Waals surface area contributed by atoms with Gasteiger partial charge in [-0.15, -0.1) is 0 Å². The number of carbonyl (C=O) groups excluding carboxylic acids is 1. The second kappa shape index (κ2) is 6.50. The normalized spacial score (nSPS) is 12.8. The van der Waals surface area contributed by atoms with Gasteiger partial charge >= 0.3 is 0 Å². The minimum atomic E-state index is -1.30. The maximum Gasteiger partial charge on any atom is 0.249 e. The molecule has 0 bridgehead atoms. The topological polar surface area (TPSA) is 62.1 Å². The summed E-state index contributed by atoms with van der Waals surface area (Å²) in [6.45, 7) is 1.58. The highest BCUT2D eigenvalue weighted by Gasteiger charge is 2.35. The summed E-state index contributed by atoms with van der Waals surface area (Å²) in [6.07, 6.45) is 0. The van der Waals surface area contributed by atoms with Crippen LogP contribution >= 0.6 is 11.6 Å². The smallest absolute Gasteiger partial charge is 0.249 e. The van der Waals surface area contributed by atoms with E-state index in [1.807, 2.05) is 0 Å². The zero-order chi connectivity index (χ0) is 16.2. The van der Waals surface area contributed by atoms with Crippen molar-refractivity contribution in [2.24, 2.45) is 0 Å². The fourth-order valence-corrected chi connectivity index (χ4v) is 2.09. The van der Waals surface area contributed by atoms with Crippen LogP contribution in [0.1, 0.15) is 12.5 Å². The molecule has 0 aliphatic carbocycles. The maximum absolute atomic E-state index is 12.5. The Morgan fingerprint density at radius 2 is 1.77 bits per heavy atom. The molecular weight excluding hydrogens is 300 g/mol.